The second-order valence-corrected chi connectivity index (χ2v) is 18.5. The molecule has 17 nitrogen and oxygen atoms in total. The molecule has 306 valence electrons. The minimum Gasteiger partial charge on any atom is -0.472 e. The maximum Gasteiger partial charge on any atom is 0.408 e. The normalized spacial score (nSPS) is 25.5. The number of hydrogen-bond acceptors (Lipinski definition) is 12. The van der Waals surface area contributed by atoms with Crippen LogP contribution in [0.3, 0.4) is 0 Å². The highest BCUT2D eigenvalue weighted by Gasteiger charge is 2.62. The zero-order valence-electron chi connectivity index (χ0n) is 32.6. The average molecular weight is 814 g/mol. The van der Waals surface area contributed by atoms with Crippen molar-refractivity contribution < 1.29 is 37.1 Å². The van der Waals surface area contributed by atoms with Gasteiger partial charge in [-0.15, -0.1) is 0 Å². The van der Waals surface area contributed by atoms with Gasteiger partial charge in [0.1, 0.15) is 35.0 Å². The van der Waals surface area contributed by atoms with Crippen molar-refractivity contribution in [2.75, 3.05) is 6.54 Å². The Labute approximate surface area is 335 Å². The summed E-state index contributed by atoms with van der Waals surface area (Å²) < 4.78 is 41.8. The molecule has 3 fully saturated rings. The van der Waals surface area contributed by atoms with Crippen LogP contribution >= 0.6 is 0 Å². The minimum atomic E-state index is -3.92. The molecule has 18 heteroatoms. The standard InChI is InChI=1S/C40H47N9O8S/c1-39(2,3)57-38(53)44-29-14-8-6-4-5-7-11-24-21-40(24,37(52)47-58(54,55)26-15-16-26)45-35(50)32-19-25(23-48(32)36(29)51)56-33-20-30(31-22-41-17-18-42-31)43-34-27-12-9-10-13-28(27)46-49(33)34/h7,9-13,17-18,20,22,24-26,29,32H,4-6,8,14-16,19,21,23H2,1-3H3,(H,44,53)(H,45,50)(H,47,52)/t24-,25-,29+,32+,40-/m1/s1. The van der Waals surface area contributed by atoms with E-state index in [1.54, 1.807) is 49.9 Å². The molecule has 0 bridgehead atoms. The van der Waals surface area contributed by atoms with Gasteiger partial charge in [0.05, 0.1) is 29.2 Å². The van der Waals surface area contributed by atoms with Crippen molar-refractivity contribution in [3.05, 3.63) is 61.1 Å². The Bertz CT molecular complexity index is 2390. The highest BCUT2D eigenvalue weighted by molar-refractivity contribution is 7.91. The molecule has 58 heavy (non-hydrogen) atoms. The third kappa shape index (κ3) is 8.19. The predicted molar refractivity (Wildman–Crippen MR) is 211 cm³/mol. The van der Waals surface area contributed by atoms with E-state index in [4.69, 9.17) is 19.6 Å². The third-order valence-corrected chi connectivity index (χ3v) is 12.7. The van der Waals surface area contributed by atoms with Crippen LogP contribution in [-0.2, 0) is 29.1 Å². The summed E-state index contributed by atoms with van der Waals surface area (Å²) in [6.07, 6.45) is 11.2. The SMILES string of the molecule is CC(C)(C)OC(=O)N[C@H]1CCCCCC=C[C@@H]2C[C@@]2(C(=O)NS(=O)(=O)C2CC2)NC(=O)[C@@H]2C[C@@H](Oc3cc(-c4cnccn4)nc4c5ccccc5nn34)CN2C1=O. The number of hydrogen-bond donors (Lipinski definition) is 3. The number of nitrogens with zero attached hydrogens (tertiary/aromatic N) is 6. The van der Waals surface area contributed by atoms with Gasteiger partial charge in [0.25, 0.3) is 5.91 Å². The summed E-state index contributed by atoms with van der Waals surface area (Å²) in [5, 5.41) is 10.5. The van der Waals surface area contributed by atoms with Crippen molar-refractivity contribution in [1.29, 1.82) is 0 Å². The van der Waals surface area contributed by atoms with Gasteiger partial charge in [-0.1, -0.05) is 37.1 Å². The number of ether oxygens (including phenoxy) is 2. The first-order valence-electron chi connectivity index (χ1n) is 19.8. The average Bonchev–Trinajstić information content (AvgIpc) is 4.08. The second-order valence-electron chi connectivity index (χ2n) is 16.5. The Morgan fingerprint density at radius 2 is 1.84 bits per heavy atom. The van der Waals surface area contributed by atoms with E-state index in [0.29, 0.717) is 54.7 Å². The van der Waals surface area contributed by atoms with Gasteiger partial charge >= 0.3 is 6.09 Å². The van der Waals surface area contributed by atoms with E-state index in [9.17, 15) is 27.6 Å². The molecule has 4 aliphatic rings. The maximum atomic E-state index is 14.7. The third-order valence-electron chi connectivity index (χ3n) is 10.9. The number of carbonyl (C=O) groups excluding carboxylic acids is 4. The zero-order chi connectivity index (χ0) is 40.8. The summed E-state index contributed by atoms with van der Waals surface area (Å²) in [5.41, 5.74) is -0.235. The first-order chi connectivity index (χ1) is 27.7. The number of fused-ring (bicyclic) bond motifs is 5. The fraction of sp³-hybridized carbons (Fsp3) is 0.500. The first-order valence-corrected chi connectivity index (χ1v) is 21.3. The highest BCUT2D eigenvalue weighted by Crippen LogP contribution is 2.46. The van der Waals surface area contributed by atoms with Crippen molar-refractivity contribution in [1.82, 2.24) is 44.8 Å². The molecule has 0 radical (unpaired) electrons. The van der Waals surface area contributed by atoms with Gasteiger partial charge in [-0.2, -0.15) is 9.61 Å². The molecule has 4 aromatic rings. The number of benzene rings is 1. The van der Waals surface area contributed by atoms with Crippen molar-refractivity contribution in [3.8, 4) is 17.3 Å². The number of sulfonamides is 1. The van der Waals surface area contributed by atoms with Crippen molar-refractivity contribution in [3.63, 3.8) is 0 Å². The van der Waals surface area contributed by atoms with Gasteiger partial charge in [0.2, 0.25) is 27.7 Å². The number of nitrogens with one attached hydrogen (secondary N) is 3. The topological polar surface area (TPSA) is 216 Å². The molecule has 8 rings (SSSR count). The first kappa shape index (κ1) is 39.2. The largest absolute Gasteiger partial charge is 0.472 e. The molecule has 0 unspecified atom stereocenters. The van der Waals surface area contributed by atoms with Gasteiger partial charge in [-0.3, -0.25) is 29.1 Å². The summed E-state index contributed by atoms with van der Waals surface area (Å²) in [6, 6.07) is 6.97. The fourth-order valence-electron chi connectivity index (χ4n) is 7.72. The molecule has 1 saturated heterocycles. The summed E-state index contributed by atoms with van der Waals surface area (Å²) in [7, 11) is -3.92. The molecular formula is C40H47N9O8S. The summed E-state index contributed by atoms with van der Waals surface area (Å²) >= 11 is 0. The van der Waals surface area contributed by atoms with Gasteiger partial charge in [0.15, 0.2) is 5.65 Å². The van der Waals surface area contributed by atoms with Crippen LogP contribution in [0.5, 0.6) is 5.88 Å². The van der Waals surface area contributed by atoms with Crippen LogP contribution in [0.4, 0.5) is 4.79 Å². The van der Waals surface area contributed by atoms with Crippen LogP contribution in [0.2, 0.25) is 0 Å². The monoisotopic (exact) mass is 813 g/mol. The predicted octanol–water partition coefficient (Wildman–Crippen LogP) is 3.58. The van der Waals surface area contributed by atoms with Crippen LogP contribution in [0, 0.1) is 5.92 Å². The lowest BCUT2D eigenvalue weighted by Crippen LogP contribution is -2.58. The number of amides is 4. The molecule has 5 heterocycles. The summed E-state index contributed by atoms with van der Waals surface area (Å²) in [5.74, 6) is -2.14. The van der Waals surface area contributed by atoms with Crippen LogP contribution in [0.25, 0.3) is 27.9 Å². The van der Waals surface area contributed by atoms with Gasteiger partial charge < -0.3 is 25.0 Å². The lowest BCUT2D eigenvalue weighted by molar-refractivity contribution is -0.141. The molecule has 2 aliphatic heterocycles. The van der Waals surface area contributed by atoms with Crippen molar-refractivity contribution in [2.45, 2.75) is 113 Å². The Morgan fingerprint density at radius 3 is 2.60 bits per heavy atom. The van der Waals surface area contributed by atoms with Crippen molar-refractivity contribution in [2.24, 2.45) is 5.92 Å². The number of aromatic nitrogens is 5. The van der Waals surface area contributed by atoms with Crippen LogP contribution in [-0.4, -0.2) is 103 Å². The number of allylic oxidation sites excluding steroid dienone is 1. The molecule has 3 aromatic heterocycles. The fourth-order valence-corrected chi connectivity index (χ4v) is 9.08. The lowest BCUT2D eigenvalue weighted by atomic mass is 10.0. The Morgan fingerprint density at radius 1 is 1.03 bits per heavy atom. The maximum absolute atomic E-state index is 14.7. The van der Waals surface area contributed by atoms with Gasteiger partial charge in [-0.25, -0.2) is 18.2 Å². The summed E-state index contributed by atoms with van der Waals surface area (Å²) in [4.78, 5) is 71.0. The number of carbonyl (C=O) groups is 4. The van der Waals surface area contributed by atoms with Gasteiger partial charge in [0, 0.05) is 36.2 Å². The molecule has 4 amide bonds. The Hall–Kier alpha value is -5.65. The molecule has 2 aliphatic carbocycles. The molecular weight excluding hydrogens is 767 g/mol. The van der Waals surface area contributed by atoms with Crippen LogP contribution in [0.15, 0.2) is 61.1 Å². The van der Waals surface area contributed by atoms with E-state index >= 15 is 0 Å². The lowest BCUT2D eigenvalue weighted by Gasteiger charge is -2.30. The molecule has 0 spiro atoms. The highest BCUT2D eigenvalue weighted by atomic mass is 32.2. The van der Waals surface area contributed by atoms with E-state index in [0.717, 1.165) is 18.2 Å². The Balaban J connectivity index is 1.14. The summed E-state index contributed by atoms with van der Waals surface area (Å²) in [6.45, 7) is 5.11. The molecule has 2 saturated carbocycles. The number of alkyl carbamates (subject to hydrolysis) is 1. The minimum absolute atomic E-state index is 0.000386. The quantitative estimate of drug-likeness (QED) is 0.228. The van der Waals surface area contributed by atoms with E-state index in [2.05, 4.69) is 25.3 Å². The molecule has 3 N–H and O–H groups in total. The zero-order valence-corrected chi connectivity index (χ0v) is 33.4. The van der Waals surface area contributed by atoms with Crippen LogP contribution < -0.4 is 20.1 Å². The van der Waals surface area contributed by atoms with E-state index in [-0.39, 0.29) is 25.3 Å². The molecule has 5 atom stereocenters. The van der Waals surface area contributed by atoms with E-state index in [1.807, 2.05) is 36.4 Å². The number of rotatable bonds is 7. The van der Waals surface area contributed by atoms with Gasteiger partial charge in [-0.05, 0) is 71.4 Å². The van der Waals surface area contributed by atoms with E-state index < -0.39 is 74.3 Å². The van der Waals surface area contributed by atoms with Crippen molar-refractivity contribution >= 4 is 50.4 Å². The van der Waals surface area contributed by atoms with E-state index in [1.165, 1.54) is 4.90 Å². The molecule has 1 aromatic carbocycles. The second kappa shape index (κ2) is 15.3. The Kier molecular flexibility index (Phi) is 10.3. The van der Waals surface area contributed by atoms with Crippen LogP contribution in [0.1, 0.15) is 78.6 Å². The smallest absolute Gasteiger partial charge is 0.408 e.